The summed E-state index contributed by atoms with van der Waals surface area (Å²) >= 11 is 0. The Morgan fingerprint density at radius 1 is 1.10 bits per heavy atom. The third kappa shape index (κ3) is 3.71. The lowest BCUT2D eigenvalue weighted by atomic mass is 9.99. The predicted molar refractivity (Wildman–Crippen MR) is 107 cm³/mol. The van der Waals surface area contributed by atoms with Crippen LogP contribution < -0.4 is 11.1 Å². The number of aromatic nitrogens is 2. The van der Waals surface area contributed by atoms with E-state index in [0.29, 0.717) is 50.4 Å². The Hall–Kier alpha value is -1.49. The Balaban J connectivity index is 1.23. The lowest BCUT2D eigenvalue weighted by Crippen LogP contribution is -2.57. The molecule has 3 atom stereocenters. The van der Waals surface area contributed by atoms with Gasteiger partial charge in [0.15, 0.2) is 0 Å². The number of H-pyrrole nitrogens is 1. The second kappa shape index (κ2) is 7.33. The number of carbonyl (C=O) groups is 1. The quantitative estimate of drug-likeness (QED) is 0.644. The molecule has 1 unspecified atom stereocenters. The Morgan fingerprint density at radius 3 is 2.38 bits per heavy atom. The van der Waals surface area contributed by atoms with Crippen molar-refractivity contribution < 1.29 is 13.2 Å². The molecule has 5 rings (SSSR count). The SMILES string of the molecule is NC1CCN(S(=O)(=O)N2[C@@H]3CC[C@H]2CC(NC(=O)c2cc(C4CC4)[nH]n2)C3)CC1. The van der Waals surface area contributed by atoms with Crippen molar-refractivity contribution in [2.45, 2.75) is 81.5 Å². The maximum atomic E-state index is 13.2. The summed E-state index contributed by atoms with van der Waals surface area (Å²) in [6.45, 7) is 1.00. The van der Waals surface area contributed by atoms with Crippen molar-refractivity contribution in [3.8, 4) is 0 Å². The van der Waals surface area contributed by atoms with E-state index in [2.05, 4.69) is 15.5 Å². The minimum Gasteiger partial charge on any atom is -0.348 e. The Labute approximate surface area is 171 Å². The number of carbonyl (C=O) groups excluding carboxylic acids is 1. The van der Waals surface area contributed by atoms with Crippen LogP contribution >= 0.6 is 0 Å². The van der Waals surface area contributed by atoms with Gasteiger partial charge in [0.25, 0.3) is 16.1 Å². The number of hydrogen-bond acceptors (Lipinski definition) is 5. The third-order valence-electron chi connectivity index (χ3n) is 6.94. The first-order valence-corrected chi connectivity index (χ1v) is 12.2. The number of nitrogens with one attached hydrogen (secondary N) is 2. The molecule has 29 heavy (non-hydrogen) atoms. The number of nitrogens with zero attached hydrogens (tertiary/aromatic N) is 3. The van der Waals surface area contributed by atoms with E-state index in [9.17, 15) is 13.2 Å². The highest BCUT2D eigenvalue weighted by molar-refractivity contribution is 7.86. The third-order valence-corrected chi connectivity index (χ3v) is 9.09. The van der Waals surface area contributed by atoms with Crippen molar-refractivity contribution in [2.24, 2.45) is 5.73 Å². The van der Waals surface area contributed by atoms with Gasteiger partial charge < -0.3 is 11.1 Å². The average molecular weight is 423 g/mol. The summed E-state index contributed by atoms with van der Waals surface area (Å²) in [6.07, 6.45) is 6.78. The molecule has 0 aromatic carbocycles. The highest BCUT2D eigenvalue weighted by Gasteiger charge is 2.49. The Morgan fingerprint density at radius 2 is 1.76 bits per heavy atom. The molecule has 2 bridgehead atoms. The Kier molecular flexibility index (Phi) is 4.92. The number of hydrogen-bond donors (Lipinski definition) is 3. The van der Waals surface area contributed by atoms with Gasteiger partial charge in [0, 0.05) is 48.9 Å². The second-order valence-electron chi connectivity index (χ2n) is 9.08. The molecular weight excluding hydrogens is 392 g/mol. The molecule has 4 aliphatic rings. The van der Waals surface area contributed by atoms with Gasteiger partial charge in [-0.2, -0.15) is 22.1 Å². The number of amides is 1. The second-order valence-corrected chi connectivity index (χ2v) is 10.9. The molecule has 3 aliphatic heterocycles. The highest BCUT2D eigenvalue weighted by atomic mass is 32.2. The molecule has 10 heteroatoms. The molecule has 9 nitrogen and oxygen atoms in total. The van der Waals surface area contributed by atoms with Gasteiger partial charge in [-0.25, -0.2) is 0 Å². The molecule has 4 N–H and O–H groups in total. The van der Waals surface area contributed by atoms with Crippen LogP contribution in [-0.4, -0.2) is 70.4 Å². The van der Waals surface area contributed by atoms with Crippen LogP contribution in [0.3, 0.4) is 0 Å². The molecule has 3 saturated heterocycles. The van der Waals surface area contributed by atoms with E-state index in [1.54, 1.807) is 8.61 Å². The standard InChI is InChI=1S/C19H30N6O3S/c20-13-5-7-24(8-6-13)29(27,28)25-15-3-4-16(25)10-14(9-15)21-19(26)18-11-17(22-23-18)12-1-2-12/h11-16H,1-10,20H2,(H,21,26)(H,22,23)/t14?,15-,16+. The largest absolute Gasteiger partial charge is 0.348 e. The van der Waals surface area contributed by atoms with Crippen LogP contribution in [0.5, 0.6) is 0 Å². The van der Waals surface area contributed by atoms with Gasteiger partial charge in [-0.3, -0.25) is 9.89 Å². The topological polar surface area (TPSA) is 124 Å². The number of nitrogens with two attached hydrogens (primary N) is 1. The van der Waals surface area contributed by atoms with Gasteiger partial charge >= 0.3 is 0 Å². The fraction of sp³-hybridized carbons (Fsp3) is 0.789. The summed E-state index contributed by atoms with van der Waals surface area (Å²) in [5, 5.41) is 10.2. The maximum absolute atomic E-state index is 13.2. The zero-order valence-electron chi connectivity index (χ0n) is 16.6. The number of piperidine rings is 2. The molecule has 4 fully saturated rings. The van der Waals surface area contributed by atoms with Crippen LogP contribution in [0.2, 0.25) is 0 Å². The van der Waals surface area contributed by atoms with Gasteiger partial charge in [0.1, 0.15) is 5.69 Å². The number of rotatable bonds is 5. The number of fused-ring (bicyclic) bond motifs is 2. The highest BCUT2D eigenvalue weighted by Crippen LogP contribution is 2.40. The van der Waals surface area contributed by atoms with Crippen LogP contribution in [0.25, 0.3) is 0 Å². The lowest BCUT2D eigenvalue weighted by molar-refractivity contribution is 0.0901. The molecule has 160 valence electrons. The minimum absolute atomic E-state index is 0.0118. The van der Waals surface area contributed by atoms with Crippen molar-refractivity contribution in [2.75, 3.05) is 13.1 Å². The normalized spacial score (nSPS) is 31.8. The fourth-order valence-corrected chi connectivity index (χ4v) is 7.26. The monoisotopic (exact) mass is 422 g/mol. The van der Waals surface area contributed by atoms with E-state index < -0.39 is 10.2 Å². The van der Waals surface area contributed by atoms with Gasteiger partial charge in [0.05, 0.1) is 0 Å². The van der Waals surface area contributed by atoms with Crippen LogP contribution in [0.4, 0.5) is 0 Å². The van der Waals surface area contributed by atoms with E-state index in [1.165, 1.54) is 0 Å². The van der Waals surface area contributed by atoms with Gasteiger partial charge in [-0.15, -0.1) is 0 Å². The Bertz CT molecular complexity index is 860. The summed E-state index contributed by atoms with van der Waals surface area (Å²) in [7, 11) is -3.47. The van der Waals surface area contributed by atoms with E-state index in [-0.39, 0.29) is 30.1 Å². The van der Waals surface area contributed by atoms with Crippen molar-refractivity contribution in [3.63, 3.8) is 0 Å². The predicted octanol–water partition coefficient (Wildman–Crippen LogP) is 0.680. The van der Waals surface area contributed by atoms with Gasteiger partial charge in [-0.1, -0.05) is 0 Å². The van der Waals surface area contributed by atoms with Crippen molar-refractivity contribution in [3.05, 3.63) is 17.5 Å². The van der Waals surface area contributed by atoms with Crippen molar-refractivity contribution in [1.82, 2.24) is 24.1 Å². The summed E-state index contributed by atoms with van der Waals surface area (Å²) in [6, 6.07) is 1.85. The van der Waals surface area contributed by atoms with Crippen molar-refractivity contribution >= 4 is 16.1 Å². The zero-order valence-corrected chi connectivity index (χ0v) is 17.4. The molecule has 1 aromatic heterocycles. The smallest absolute Gasteiger partial charge is 0.282 e. The average Bonchev–Trinajstić information content (AvgIpc) is 3.34. The van der Waals surface area contributed by atoms with Crippen LogP contribution in [-0.2, 0) is 10.2 Å². The van der Waals surface area contributed by atoms with Crippen LogP contribution in [0.15, 0.2) is 6.07 Å². The van der Waals surface area contributed by atoms with E-state index >= 15 is 0 Å². The summed E-state index contributed by atoms with van der Waals surface area (Å²) < 4.78 is 29.8. The first kappa shape index (κ1) is 19.5. The fourth-order valence-electron chi connectivity index (χ4n) is 5.18. The molecular formula is C19H30N6O3S. The first-order chi connectivity index (χ1) is 13.9. The molecule has 0 spiro atoms. The molecule has 1 aliphatic carbocycles. The van der Waals surface area contributed by atoms with E-state index in [0.717, 1.165) is 31.4 Å². The summed E-state index contributed by atoms with van der Waals surface area (Å²) in [5.74, 6) is 0.358. The minimum atomic E-state index is -3.47. The summed E-state index contributed by atoms with van der Waals surface area (Å²) in [4.78, 5) is 12.6. The maximum Gasteiger partial charge on any atom is 0.282 e. The molecule has 1 aromatic rings. The zero-order chi connectivity index (χ0) is 20.2. The van der Waals surface area contributed by atoms with E-state index in [1.807, 2.05) is 6.07 Å². The van der Waals surface area contributed by atoms with Gasteiger partial charge in [0.2, 0.25) is 0 Å². The molecule has 1 amide bonds. The first-order valence-electron chi connectivity index (χ1n) is 10.8. The molecule has 0 radical (unpaired) electrons. The van der Waals surface area contributed by atoms with Crippen molar-refractivity contribution in [1.29, 1.82) is 0 Å². The van der Waals surface area contributed by atoms with Gasteiger partial charge in [-0.05, 0) is 57.4 Å². The van der Waals surface area contributed by atoms with E-state index in [4.69, 9.17) is 5.73 Å². The molecule has 4 heterocycles. The van der Waals surface area contributed by atoms with Crippen LogP contribution in [0.1, 0.15) is 73.5 Å². The lowest BCUT2D eigenvalue weighted by Gasteiger charge is -2.41. The number of aromatic amines is 1. The van der Waals surface area contributed by atoms with Crippen LogP contribution in [0, 0.1) is 0 Å². The summed E-state index contributed by atoms with van der Waals surface area (Å²) in [5.41, 5.74) is 7.41. The molecule has 1 saturated carbocycles.